The van der Waals surface area contributed by atoms with Crippen molar-refractivity contribution < 1.29 is 4.74 Å². The van der Waals surface area contributed by atoms with Gasteiger partial charge in [0.2, 0.25) is 0 Å². The highest BCUT2D eigenvalue weighted by atomic mass is 16.5. The molecule has 0 aromatic rings. The van der Waals surface area contributed by atoms with Crippen molar-refractivity contribution in [1.82, 2.24) is 0 Å². The Morgan fingerprint density at radius 1 is 1.00 bits per heavy atom. The van der Waals surface area contributed by atoms with Crippen molar-refractivity contribution in [3.8, 4) is 0 Å². The van der Waals surface area contributed by atoms with Gasteiger partial charge < -0.3 is 4.74 Å². The van der Waals surface area contributed by atoms with Crippen molar-refractivity contribution in [3.63, 3.8) is 0 Å². The molecule has 64 valence electrons. The van der Waals surface area contributed by atoms with Crippen LogP contribution in [0.2, 0.25) is 0 Å². The van der Waals surface area contributed by atoms with Gasteiger partial charge in [0.15, 0.2) is 0 Å². The molecule has 0 amide bonds. The Morgan fingerprint density at radius 3 is 1.50 bits per heavy atom. The van der Waals surface area contributed by atoms with E-state index in [1.165, 1.54) is 0 Å². The summed E-state index contributed by atoms with van der Waals surface area (Å²) in [6.07, 6.45) is 0.386. The molecule has 0 unspecified atom stereocenters. The van der Waals surface area contributed by atoms with E-state index in [1.807, 2.05) is 13.8 Å². The van der Waals surface area contributed by atoms with E-state index >= 15 is 0 Å². The second-order valence-electron chi connectivity index (χ2n) is 2.78. The quantitative estimate of drug-likeness (QED) is 0.594. The molecule has 0 atom stereocenters. The summed E-state index contributed by atoms with van der Waals surface area (Å²) >= 11 is 0. The van der Waals surface area contributed by atoms with Crippen LogP contribution in [0.5, 0.6) is 0 Å². The SMILES string of the molecule is CC.CC(C)COC(C)C. The van der Waals surface area contributed by atoms with Crippen molar-refractivity contribution in [1.29, 1.82) is 0 Å². The van der Waals surface area contributed by atoms with Crippen molar-refractivity contribution >= 4 is 0 Å². The maximum absolute atomic E-state index is 5.30. The van der Waals surface area contributed by atoms with Crippen molar-refractivity contribution in [3.05, 3.63) is 0 Å². The predicted octanol–water partition coefficient (Wildman–Crippen LogP) is 3.09. The maximum atomic E-state index is 5.30. The minimum Gasteiger partial charge on any atom is -0.379 e. The predicted molar refractivity (Wildman–Crippen MR) is 47.3 cm³/mol. The van der Waals surface area contributed by atoms with Gasteiger partial charge in [-0.1, -0.05) is 27.7 Å². The second-order valence-corrected chi connectivity index (χ2v) is 2.78. The Bertz CT molecular complexity index is 40.7. The van der Waals surface area contributed by atoms with Crippen LogP contribution in [0.15, 0.2) is 0 Å². The molecule has 1 heteroatoms. The van der Waals surface area contributed by atoms with E-state index < -0.39 is 0 Å². The first-order chi connectivity index (χ1) is 4.63. The molecule has 0 saturated carbocycles. The van der Waals surface area contributed by atoms with Gasteiger partial charge in [0, 0.05) is 6.61 Å². The standard InChI is InChI=1S/C7H16O.C2H6/c1-6(2)5-8-7(3)4;1-2/h6-7H,5H2,1-4H3;1-2H3. The monoisotopic (exact) mass is 146 g/mol. The lowest BCUT2D eigenvalue weighted by Gasteiger charge is -2.08. The van der Waals surface area contributed by atoms with Crippen molar-refractivity contribution in [2.24, 2.45) is 5.92 Å². The molecule has 0 rings (SSSR count). The van der Waals surface area contributed by atoms with Crippen molar-refractivity contribution in [2.75, 3.05) is 6.61 Å². The normalized spacial score (nSPS) is 9.60. The van der Waals surface area contributed by atoms with Crippen LogP contribution < -0.4 is 0 Å². The summed E-state index contributed by atoms with van der Waals surface area (Å²) in [5, 5.41) is 0. The van der Waals surface area contributed by atoms with Gasteiger partial charge in [0.1, 0.15) is 0 Å². The molecule has 0 radical (unpaired) electrons. The average molecular weight is 146 g/mol. The van der Waals surface area contributed by atoms with Gasteiger partial charge in [0.25, 0.3) is 0 Å². The fourth-order valence-electron chi connectivity index (χ4n) is 0.385. The van der Waals surface area contributed by atoms with Gasteiger partial charge >= 0.3 is 0 Å². The number of ether oxygens (including phenoxy) is 1. The molecule has 0 spiro atoms. The van der Waals surface area contributed by atoms with Crippen LogP contribution in [-0.4, -0.2) is 12.7 Å². The molecule has 0 saturated heterocycles. The van der Waals surface area contributed by atoms with Gasteiger partial charge in [0.05, 0.1) is 6.10 Å². The Labute approximate surface area is 65.8 Å². The lowest BCUT2D eigenvalue weighted by atomic mass is 10.2. The highest BCUT2D eigenvalue weighted by molar-refractivity contribution is 4.41. The van der Waals surface area contributed by atoms with E-state index in [2.05, 4.69) is 27.7 Å². The van der Waals surface area contributed by atoms with Crippen LogP contribution in [-0.2, 0) is 4.74 Å². The summed E-state index contributed by atoms with van der Waals surface area (Å²) in [6.45, 7) is 13.3. The van der Waals surface area contributed by atoms with Crippen molar-refractivity contribution in [2.45, 2.75) is 47.6 Å². The Kier molecular flexibility index (Phi) is 11.3. The van der Waals surface area contributed by atoms with Gasteiger partial charge in [-0.2, -0.15) is 0 Å². The number of hydrogen-bond acceptors (Lipinski definition) is 1. The van der Waals surface area contributed by atoms with E-state index in [0.717, 1.165) is 6.61 Å². The fourth-order valence-corrected chi connectivity index (χ4v) is 0.385. The molecule has 0 aromatic heterocycles. The molecule has 0 aliphatic heterocycles. The van der Waals surface area contributed by atoms with Gasteiger partial charge in [-0.05, 0) is 19.8 Å². The van der Waals surface area contributed by atoms with Crippen LogP contribution >= 0.6 is 0 Å². The Morgan fingerprint density at radius 2 is 1.40 bits per heavy atom. The fraction of sp³-hybridized carbons (Fsp3) is 1.00. The van der Waals surface area contributed by atoms with E-state index in [9.17, 15) is 0 Å². The summed E-state index contributed by atoms with van der Waals surface area (Å²) in [7, 11) is 0. The maximum Gasteiger partial charge on any atom is 0.0518 e. The minimum atomic E-state index is 0.386. The summed E-state index contributed by atoms with van der Waals surface area (Å²) in [5.74, 6) is 0.664. The number of rotatable bonds is 3. The molecule has 0 heterocycles. The zero-order chi connectivity index (χ0) is 8.57. The zero-order valence-corrected chi connectivity index (χ0v) is 8.27. The molecular weight excluding hydrogens is 124 g/mol. The highest BCUT2D eigenvalue weighted by Crippen LogP contribution is 1.95. The molecule has 0 N–H and O–H groups in total. The molecule has 0 aliphatic rings. The first kappa shape index (κ1) is 12.6. The largest absolute Gasteiger partial charge is 0.379 e. The van der Waals surface area contributed by atoms with Gasteiger partial charge in [-0.3, -0.25) is 0 Å². The number of hydrogen-bond donors (Lipinski definition) is 0. The van der Waals surface area contributed by atoms with E-state index in [0.29, 0.717) is 12.0 Å². The summed E-state index contributed by atoms with van der Waals surface area (Å²) in [5.41, 5.74) is 0. The smallest absolute Gasteiger partial charge is 0.0518 e. The van der Waals surface area contributed by atoms with Crippen LogP contribution in [0.25, 0.3) is 0 Å². The first-order valence-corrected chi connectivity index (χ1v) is 4.24. The third-order valence-corrected chi connectivity index (χ3v) is 0.763. The lowest BCUT2D eigenvalue weighted by Crippen LogP contribution is -2.08. The molecule has 0 fully saturated rings. The van der Waals surface area contributed by atoms with Crippen LogP contribution in [0.1, 0.15) is 41.5 Å². The first-order valence-electron chi connectivity index (χ1n) is 4.24. The lowest BCUT2D eigenvalue weighted by molar-refractivity contribution is 0.0593. The van der Waals surface area contributed by atoms with Crippen LogP contribution in [0.3, 0.4) is 0 Å². The van der Waals surface area contributed by atoms with E-state index in [1.54, 1.807) is 0 Å². The summed E-state index contributed by atoms with van der Waals surface area (Å²) < 4.78 is 5.30. The Balaban J connectivity index is 0. The third kappa shape index (κ3) is 15.7. The van der Waals surface area contributed by atoms with Crippen LogP contribution in [0.4, 0.5) is 0 Å². The highest BCUT2D eigenvalue weighted by Gasteiger charge is 1.94. The minimum absolute atomic E-state index is 0.386. The average Bonchev–Trinajstić information content (AvgIpc) is 1.89. The van der Waals surface area contributed by atoms with Crippen LogP contribution in [0, 0.1) is 5.92 Å². The van der Waals surface area contributed by atoms with Gasteiger partial charge in [-0.25, -0.2) is 0 Å². The van der Waals surface area contributed by atoms with E-state index in [4.69, 9.17) is 4.74 Å². The van der Waals surface area contributed by atoms with E-state index in [-0.39, 0.29) is 0 Å². The molecule has 0 bridgehead atoms. The molecule has 10 heavy (non-hydrogen) atoms. The topological polar surface area (TPSA) is 9.23 Å². The zero-order valence-electron chi connectivity index (χ0n) is 8.27. The molecule has 1 nitrogen and oxygen atoms in total. The summed E-state index contributed by atoms with van der Waals surface area (Å²) in [4.78, 5) is 0. The van der Waals surface area contributed by atoms with Gasteiger partial charge in [-0.15, -0.1) is 0 Å². The molecule has 0 aromatic carbocycles. The second kappa shape index (κ2) is 8.96. The summed E-state index contributed by atoms with van der Waals surface area (Å²) in [6, 6.07) is 0. The molecule has 0 aliphatic carbocycles. The molecular formula is C9H22O. The Hall–Kier alpha value is -0.0400. The third-order valence-electron chi connectivity index (χ3n) is 0.763.